The molecule has 0 spiro atoms. The average Bonchev–Trinajstić information content (AvgIpc) is 2.95. The second-order valence-electron chi connectivity index (χ2n) is 7.23. The number of carboxylic acid groups (broad SMARTS) is 1. The van der Waals surface area contributed by atoms with E-state index in [0.29, 0.717) is 12.3 Å². The Labute approximate surface area is 120 Å². The molecule has 2 N–H and O–H groups in total. The molecule has 2 fully saturated rings. The fourth-order valence-electron chi connectivity index (χ4n) is 3.33. The van der Waals surface area contributed by atoms with Crippen molar-refractivity contribution in [3.63, 3.8) is 0 Å². The summed E-state index contributed by atoms with van der Waals surface area (Å²) in [5, 5.41) is 12.1. The van der Waals surface area contributed by atoms with Crippen LogP contribution in [0.5, 0.6) is 0 Å². The van der Waals surface area contributed by atoms with E-state index < -0.39 is 11.9 Å². The Hall–Kier alpha value is -1.26. The third kappa shape index (κ3) is 3.25. The highest BCUT2D eigenvalue weighted by molar-refractivity contribution is 5.77. The summed E-state index contributed by atoms with van der Waals surface area (Å²) < 4.78 is 0. The minimum atomic E-state index is -0.790. The van der Waals surface area contributed by atoms with Crippen LogP contribution in [0.25, 0.3) is 0 Å². The predicted molar refractivity (Wildman–Crippen MR) is 76.4 cm³/mol. The summed E-state index contributed by atoms with van der Waals surface area (Å²) in [5.74, 6) is -0.686. The minimum Gasteiger partial charge on any atom is -0.481 e. The number of nitrogens with one attached hydrogen (secondary N) is 1. The van der Waals surface area contributed by atoms with Gasteiger partial charge >= 0.3 is 12.0 Å². The number of amides is 2. The molecule has 0 aromatic rings. The lowest BCUT2D eigenvalue weighted by Gasteiger charge is -2.27. The van der Waals surface area contributed by atoms with Gasteiger partial charge in [0.25, 0.3) is 0 Å². The third-order valence-electron chi connectivity index (χ3n) is 4.84. The molecule has 1 aliphatic heterocycles. The van der Waals surface area contributed by atoms with Crippen molar-refractivity contribution in [3.05, 3.63) is 0 Å². The number of carbonyl (C=O) groups is 2. The van der Waals surface area contributed by atoms with E-state index in [-0.39, 0.29) is 17.5 Å². The highest BCUT2D eigenvalue weighted by atomic mass is 16.4. The molecule has 3 atom stereocenters. The Morgan fingerprint density at radius 2 is 1.90 bits per heavy atom. The fraction of sp³-hybridized carbons (Fsp3) is 0.867. The first kappa shape index (κ1) is 15.1. The molecule has 1 heterocycles. The number of hydrogen-bond donors (Lipinski definition) is 2. The smallest absolute Gasteiger partial charge is 0.317 e. The van der Waals surface area contributed by atoms with Crippen LogP contribution in [-0.4, -0.2) is 41.1 Å². The van der Waals surface area contributed by atoms with Gasteiger partial charge in [0, 0.05) is 19.1 Å². The summed E-state index contributed by atoms with van der Waals surface area (Å²) in [5.41, 5.74) is 0.214. The second-order valence-corrected chi connectivity index (χ2v) is 7.23. The molecule has 2 rings (SSSR count). The summed E-state index contributed by atoms with van der Waals surface area (Å²) in [7, 11) is 0. The number of aliphatic carboxylic acids is 1. The Kier molecular flexibility index (Phi) is 4.25. The molecule has 2 aliphatic rings. The number of urea groups is 1. The van der Waals surface area contributed by atoms with Crippen LogP contribution in [0.1, 0.15) is 46.5 Å². The maximum Gasteiger partial charge on any atom is 0.317 e. The standard InChI is InChI=1S/C15H26N2O3/c1-15(2,3)10-7-8-17(9-10)14(20)16-12-6-4-5-11(12)13(18)19/h10-12H,4-9H2,1-3H3,(H,16,20)(H,18,19). The van der Waals surface area contributed by atoms with Crippen LogP contribution in [0.3, 0.4) is 0 Å². The molecule has 0 aromatic carbocycles. The summed E-state index contributed by atoms with van der Waals surface area (Å²) in [6.45, 7) is 8.17. The molecule has 1 aliphatic carbocycles. The van der Waals surface area contributed by atoms with Gasteiger partial charge in [-0.1, -0.05) is 27.2 Å². The zero-order chi connectivity index (χ0) is 14.9. The quantitative estimate of drug-likeness (QED) is 0.816. The van der Waals surface area contributed by atoms with Crippen molar-refractivity contribution in [2.75, 3.05) is 13.1 Å². The van der Waals surface area contributed by atoms with E-state index in [0.717, 1.165) is 32.4 Å². The third-order valence-corrected chi connectivity index (χ3v) is 4.84. The van der Waals surface area contributed by atoms with Crippen molar-refractivity contribution in [2.45, 2.75) is 52.5 Å². The molecule has 114 valence electrons. The number of rotatable bonds is 2. The number of hydrogen-bond acceptors (Lipinski definition) is 2. The summed E-state index contributed by atoms with van der Waals surface area (Å²) in [6, 6.07) is -0.288. The van der Waals surface area contributed by atoms with Crippen LogP contribution in [0.4, 0.5) is 4.79 Å². The molecule has 2 amide bonds. The average molecular weight is 282 g/mol. The van der Waals surface area contributed by atoms with Gasteiger partial charge in [-0.25, -0.2) is 4.79 Å². The van der Waals surface area contributed by atoms with E-state index in [1.807, 2.05) is 4.90 Å². The molecule has 1 saturated carbocycles. The normalized spacial score (nSPS) is 30.6. The first-order valence-electron chi connectivity index (χ1n) is 7.57. The maximum atomic E-state index is 12.3. The molecule has 0 bridgehead atoms. The van der Waals surface area contributed by atoms with E-state index in [2.05, 4.69) is 26.1 Å². The summed E-state index contributed by atoms with van der Waals surface area (Å²) in [4.78, 5) is 25.2. The van der Waals surface area contributed by atoms with Gasteiger partial charge in [-0.15, -0.1) is 0 Å². The molecule has 5 heteroatoms. The zero-order valence-corrected chi connectivity index (χ0v) is 12.7. The first-order valence-corrected chi connectivity index (χ1v) is 7.57. The minimum absolute atomic E-state index is 0.0881. The SMILES string of the molecule is CC(C)(C)C1CCN(C(=O)NC2CCCC2C(=O)O)C1. The van der Waals surface area contributed by atoms with Crippen molar-refractivity contribution in [2.24, 2.45) is 17.3 Å². The number of likely N-dealkylation sites (tertiary alicyclic amines) is 1. The van der Waals surface area contributed by atoms with Crippen molar-refractivity contribution in [3.8, 4) is 0 Å². The fourth-order valence-corrected chi connectivity index (χ4v) is 3.33. The van der Waals surface area contributed by atoms with Crippen molar-refractivity contribution < 1.29 is 14.7 Å². The molecular weight excluding hydrogens is 256 g/mol. The van der Waals surface area contributed by atoms with Gasteiger partial charge in [-0.2, -0.15) is 0 Å². The van der Waals surface area contributed by atoms with Gasteiger partial charge in [0.05, 0.1) is 5.92 Å². The zero-order valence-electron chi connectivity index (χ0n) is 12.7. The van der Waals surface area contributed by atoms with Crippen LogP contribution < -0.4 is 5.32 Å². The predicted octanol–water partition coefficient (Wildman–Crippen LogP) is 2.32. The van der Waals surface area contributed by atoms with E-state index in [9.17, 15) is 9.59 Å². The van der Waals surface area contributed by atoms with Gasteiger partial charge in [0.1, 0.15) is 0 Å². The molecular formula is C15H26N2O3. The monoisotopic (exact) mass is 282 g/mol. The van der Waals surface area contributed by atoms with Crippen LogP contribution in [-0.2, 0) is 4.79 Å². The molecule has 0 aromatic heterocycles. The maximum absolute atomic E-state index is 12.3. The highest BCUT2D eigenvalue weighted by Crippen LogP contribution is 2.34. The van der Waals surface area contributed by atoms with E-state index in [4.69, 9.17) is 5.11 Å². The first-order chi connectivity index (χ1) is 9.29. The van der Waals surface area contributed by atoms with Crippen LogP contribution in [0.2, 0.25) is 0 Å². The van der Waals surface area contributed by atoms with Crippen LogP contribution in [0, 0.1) is 17.3 Å². The van der Waals surface area contributed by atoms with E-state index in [1.54, 1.807) is 0 Å². The van der Waals surface area contributed by atoms with Gasteiger partial charge in [-0.05, 0) is 30.6 Å². The lowest BCUT2D eigenvalue weighted by molar-refractivity contribution is -0.142. The Bertz CT molecular complexity index is 389. The molecule has 20 heavy (non-hydrogen) atoms. The summed E-state index contributed by atoms with van der Waals surface area (Å²) in [6.07, 6.45) is 3.36. The van der Waals surface area contributed by atoms with Gasteiger partial charge in [0.15, 0.2) is 0 Å². The van der Waals surface area contributed by atoms with Crippen LogP contribution >= 0.6 is 0 Å². The molecule has 1 saturated heterocycles. The lowest BCUT2D eigenvalue weighted by atomic mass is 9.80. The van der Waals surface area contributed by atoms with Crippen molar-refractivity contribution in [1.82, 2.24) is 10.2 Å². The topological polar surface area (TPSA) is 69.6 Å². The van der Waals surface area contributed by atoms with Gasteiger partial charge in [0.2, 0.25) is 0 Å². The Balaban J connectivity index is 1.88. The summed E-state index contributed by atoms with van der Waals surface area (Å²) >= 11 is 0. The van der Waals surface area contributed by atoms with Crippen molar-refractivity contribution in [1.29, 1.82) is 0 Å². The highest BCUT2D eigenvalue weighted by Gasteiger charge is 2.37. The second kappa shape index (κ2) is 5.62. The lowest BCUT2D eigenvalue weighted by Crippen LogP contribution is -2.46. The number of carbonyl (C=O) groups excluding carboxylic acids is 1. The van der Waals surface area contributed by atoms with Gasteiger partial charge < -0.3 is 15.3 Å². The van der Waals surface area contributed by atoms with E-state index in [1.165, 1.54) is 0 Å². The molecule has 0 radical (unpaired) electrons. The van der Waals surface area contributed by atoms with Crippen LogP contribution in [0.15, 0.2) is 0 Å². The van der Waals surface area contributed by atoms with Gasteiger partial charge in [-0.3, -0.25) is 4.79 Å². The number of carboxylic acids is 1. The Morgan fingerprint density at radius 1 is 1.20 bits per heavy atom. The number of nitrogens with zero attached hydrogens (tertiary/aromatic N) is 1. The Morgan fingerprint density at radius 3 is 2.45 bits per heavy atom. The molecule has 5 nitrogen and oxygen atoms in total. The largest absolute Gasteiger partial charge is 0.481 e. The molecule has 3 unspecified atom stereocenters. The van der Waals surface area contributed by atoms with Crippen molar-refractivity contribution >= 4 is 12.0 Å². The van der Waals surface area contributed by atoms with E-state index >= 15 is 0 Å².